The maximum atomic E-state index is 12.3. The van der Waals surface area contributed by atoms with Crippen LogP contribution in [0.4, 0.5) is 0 Å². The van der Waals surface area contributed by atoms with E-state index in [1.54, 1.807) is 36.4 Å². The number of carbonyl (C=O) groups excluding carboxylic acids is 1. The molecule has 0 aliphatic heterocycles. The van der Waals surface area contributed by atoms with Gasteiger partial charge in [-0.2, -0.15) is 0 Å². The summed E-state index contributed by atoms with van der Waals surface area (Å²) in [7, 11) is 0. The topological polar surface area (TPSA) is 66.4 Å². The number of hydrogen-bond acceptors (Lipinski definition) is 2. The molecule has 0 saturated heterocycles. The Hall–Kier alpha value is -1.08. The minimum atomic E-state index is -1.17. The Morgan fingerprint density at radius 2 is 1.62 bits per heavy atom. The standard InChI is InChI=1S/C16H11Br2Cl2NO3/c17-9-4-8(5-10(18)6-9)15(22)21-14(16(23)24)7-11-12(19)2-1-3-13(11)20/h1-6,14H,7H2,(H,21,22)(H,23,24)/t14-/m1/s1. The Kier molecular flexibility index (Phi) is 6.69. The maximum absolute atomic E-state index is 12.3. The second-order valence-electron chi connectivity index (χ2n) is 4.93. The van der Waals surface area contributed by atoms with Crippen LogP contribution in [0, 0.1) is 0 Å². The van der Waals surface area contributed by atoms with Gasteiger partial charge in [0, 0.05) is 31.0 Å². The molecule has 0 unspecified atom stereocenters. The summed E-state index contributed by atoms with van der Waals surface area (Å²) in [4.78, 5) is 23.8. The van der Waals surface area contributed by atoms with Gasteiger partial charge in [0.1, 0.15) is 6.04 Å². The van der Waals surface area contributed by atoms with Crippen molar-refractivity contribution in [2.75, 3.05) is 0 Å². The molecule has 0 aromatic heterocycles. The van der Waals surface area contributed by atoms with Gasteiger partial charge in [-0.1, -0.05) is 61.1 Å². The first kappa shape index (κ1) is 19.2. The lowest BCUT2D eigenvalue weighted by molar-refractivity contribution is -0.139. The zero-order valence-corrected chi connectivity index (χ0v) is 16.7. The quantitative estimate of drug-likeness (QED) is 0.617. The van der Waals surface area contributed by atoms with Gasteiger partial charge >= 0.3 is 5.97 Å². The SMILES string of the molecule is O=C(N[C@H](Cc1c(Cl)cccc1Cl)C(=O)O)c1cc(Br)cc(Br)c1. The van der Waals surface area contributed by atoms with E-state index in [-0.39, 0.29) is 6.42 Å². The van der Waals surface area contributed by atoms with Crippen LogP contribution in [0.1, 0.15) is 15.9 Å². The number of carbonyl (C=O) groups is 2. The lowest BCUT2D eigenvalue weighted by Crippen LogP contribution is -2.42. The summed E-state index contributed by atoms with van der Waals surface area (Å²) in [5, 5.41) is 12.6. The molecule has 2 N–H and O–H groups in total. The molecule has 0 fully saturated rings. The lowest BCUT2D eigenvalue weighted by Gasteiger charge is -2.16. The minimum absolute atomic E-state index is 0.0191. The van der Waals surface area contributed by atoms with Gasteiger partial charge in [-0.05, 0) is 35.9 Å². The fraction of sp³-hybridized carbons (Fsp3) is 0.125. The van der Waals surface area contributed by atoms with E-state index in [2.05, 4.69) is 37.2 Å². The van der Waals surface area contributed by atoms with Crippen LogP contribution in [0.25, 0.3) is 0 Å². The normalized spacial score (nSPS) is 11.8. The third kappa shape index (κ3) is 4.96. The molecule has 0 heterocycles. The zero-order chi connectivity index (χ0) is 17.9. The van der Waals surface area contributed by atoms with Crippen LogP contribution in [-0.4, -0.2) is 23.0 Å². The van der Waals surface area contributed by atoms with Gasteiger partial charge in [-0.3, -0.25) is 4.79 Å². The molecule has 0 radical (unpaired) electrons. The second kappa shape index (κ2) is 8.34. The Morgan fingerprint density at radius 3 is 2.12 bits per heavy atom. The molecule has 8 heteroatoms. The summed E-state index contributed by atoms with van der Waals surface area (Å²) in [5.74, 6) is -1.68. The van der Waals surface area contributed by atoms with Gasteiger partial charge in [0.05, 0.1) is 0 Å². The molecule has 2 rings (SSSR count). The molecule has 126 valence electrons. The van der Waals surface area contributed by atoms with Crippen molar-refractivity contribution < 1.29 is 14.7 Å². The Balaban J connectivity index is 2.22. The number of rotatable bonds is 5. The number of halogens is 4. The van der Waals surface area contributed by atoms with E-state index in [9.17, 15) is 14.7 Å². The van der Waals surface area contributed by atoms with Gasteiger partial charge in [-0.15, -0.1) is 0 Å². The average Bonchev–Trinajstić information content (AvgIpc) is 2.48. The van der Waals surface area contributed by atoms with Crippen molar-refractivity contribution >= 4 is 66.9 Å². The van der Waals surface area contributed by atoms with E-state index in [0.717, 1.165) is 0 Å². The first-order valence-electron chi connectivity index (χ1n) is 6.70. The Bertz CT molecular complexity index is 758. The number of aliphatic carboxylic acids is 1. The first-order valence-corrected chi connectivity index (χ1v) is 9.04. The van der Waals surface area contributed by atoms with Crippen LogP contribution in [0.2, 0.25) is 10.0 Å². The molecule has 0 bridgehead atoms. The van der Waals surface area contributed by atoms with Crippen LogP contribution in [0.3, 0.4) is 0 Å². The summed E-state index contributed by atoms with van der Waals surface area (Å²) in [6.45, 7) is 0. The van der Waals surface area contributed by atoms with Crippen molar-refractivity contribution in [1.29, 1.82) is 0 Å². The average molecular weight is 496 g/mol. The van der Waals surface area contributed by atoms with Crippen LogP contribution in [-0.2, 0) is 11.2 Å². The second-order valence-corrected chi connectivity index (χ2v) is 7.57. The molecule has 1 atom stereocenters. The maximum Gasteiger partial charge on any atom is 0.326 e. The van der Waals surface area contributed by atoms with E-state index in [4.69, 9.17) is 23.2 Å². The highest BCUT2D eigenvalue weighted by atomic mass is 79.9. The summed E-state index contributed by atoms with van der Waals surface area (Å²) in [6, 6.07) is 8.72. The van der Waals surface area contributed by atoms with E-state index < -0.39 is 17.9 Å². The smallest absolute Gasteiger partial charge is 0.326 e. The summed E-state index contributed by atoms with van der Waals surface area (Å²) >= 11 is 18.7. The van der Waals surface area contributed by atoms with E-state index >= 15 is 0 Å². The van der Waals surface area contributed by atoms with Crippen molar-refractivity contribution in [2.45, 2.75) is 12.5 Å². The molecule has 24 heavy (non-hydrogen) atoms. The van der Waals surface area contributed by atoms with Crippen LogP contribution >= 0.6 is 55.1 Å². The molecular weight excluding hydrogens is 485 g/mol. The molecule has 2 aromatic rings. The van der Waals surface area contributed by atoms with Crippen LogP contribution < -0.4 is 5.32 Å². The number of carboxylic acid groups (broad SMARTS) is 1. The molecule has 0 aliphatic rings. The number of amides is 1. The molecule has 0 aliphatic carbocycles. The third-order valence-corrected chi connectivity index (χ3v) is 4.82. The summed E-state index contributed by atoms with van der Waals surface area (Å²) in [5.41, 5.74) is 0.803. The number of hydrogen-bond donors (Lipinski definition) is 2. The molecule has 1 amide bonds. The Labute approximate surface area is 165 Å². The largest absolute Gasteiger partial charge is 0.480 e. The van der Waals surface area contributed by atoms with Crippen molar-refractivity contribution in [1.82, 2.24) is 5.32 Å². The van der Waals surface area contributed by atoms with Gasteiger partial charge in [-0.25, -0.2) is 4.79 Å². The molecular formula is C16H11Br2Cl2NO3. The predicted molar refractivity (Wildman–Crippen MR) is 101 cm³/mol. The third-order valence-electron chi connectivity index (χ3n) is 3.20. The lowest BCUT2D eigenvalue weighted by atomic mass is 10.1. The molecule has 2 aromatic carbocycles. The van der Waals surface area contributed by atoms with E-state index in [0.29, 0.717) is 30.1 Å². The minimum Gasteiger partial charge on any atom is -0.480 e. The van der Waals surface area contributed by atoms with Gasteiger partial charge < -0.3 is 10.4 Å². The summed E-state index contributed by atoms with van der Waals surface area (Å²) < 4.78 is 1.39. The highest BCUT2D eigenvalue weighted by Crippen LogP contribution is 2.26. The summed E-state index contributed by atoms with van der Waals surface area (Å²) in [6.07, 6.45) is -0.0191. The predicted octanol–water partition coefficient (Wildman–Crippen LogP) is 4.94. The van der Waals surface area contributed by atoms with E-state index in [1.807, 2.05) is 0 Å². The van der Waals surface area contributed by atoms with Crippen molar-refractivity contribution in [2.24, 2.45) is 0 Å². The highest BCUT2D eigenvalue weighted by Gasteiger charge is 2.23. The number of nitrogens with one attached hydrogen (secondary N) is 1. The fourth-order valence-corrected chi connectivity index (χ4v) is 3.90. The van der Waals surface area contributed by atoms with Gasteiger partial charge in [0.15, 0.2) is 0 Å². The molecule has 0 saturated carbocycles. The van der Waals surface area contributed by atoms with Crippen LogP contribution in [0.15, 0.2) is 45.3 Å². The Morgan fingerprint density at radius 1 is 1.08 bits per heavy atom. The molecule has 0 spiro atoms. The number of carboxylic acids is 1. The van der Waals surface area contributed by atoms with Gasteiger partial charge in [0.25, 0.3) is 5.91 Å². The van der Waals surface area contributed by atoms with E-state index in [1.165, 1.54) is 0 Å². The monoisotopic (exact) mass is 493 g/mol. The first-order chi connectivity index (χ1) is 11.3. The zero-order valence-electron chi connectivity index (χ0n) is 12.0. The van der Waals surface area contributed by atoms with Crippen molar-refractivity contribution in [3.63, 3.8) is 0 Å². The van der Waals surface area contributed by atoms with Crippen molar-refractivity contribution in [3.05, 3.63) is 66.5 Å². The van der Waals surface area contributed by atoms with Gasteiger partial charge in [0.2, 0.25) is 0 Å². The van der Waals surface area contributed by atoms with Crippen LogP contribution in [0.5, 0.6) is 0 Å². The highest BCUT2D eigenvalue weighted by molar-refractivity contribution is 9.11. The van der Waals surface area contributed by atoms with Crippen molar-refractivity contribution in [3.8, 4) is 0 Å². The number of benzene rings is 2. The fourth-order valence-electron chi connectivity index (χ4n) is 2.06. The molecule has 4 nitrogen and oxygen atoms in total.